The van der Waals surface area contributed by atoms with Crippen LogP contribution in [-0.2, 0) is 22.6 Å². The van der Waals surface area contributed by atoms with E-state index in [-0.39, 0.29) is 31.0 Å². The molecule has 0 radical (unpaired) electrons. The maximum atomic E-state index is 13.6. The van der Waals surface area contributed by atoms with Crippen LogP contribution in [-0.4, -0.2) is 35.4 Å². The fourth-order valence-corrected chi connectivity index (χ4v) is 4.16. The first kappa shape index (κ1) is 27.6. The van der Waals surface area contributed by atoms with E-state index in [0.29, 0.717) is 22.2 Å². The van der Waals surface area contributed by atoms with Crippen LogP contribution in [0.1, 0.15) is 37.0 Å². The number of carbonyl (C=O) groups excluding carboxylic acids is 2. The number of benzene rings is 3. The van der Waals surface area contributed by atoms with E-state index in [1.807, 2.05) is 75.4 Å². The third-order valence-corrected chi connectivity index (χ3v) is 6.52. The summed E-state index contributed by atoms with van der Waals surface area (Å²) in [5.74, 6) is -0.159. The summed E-state index contributed by atoms with van der Waals surface area (Å²) in [6.07, 6.45) is 1.16. The Labute approximate surface area is 223 Å². The molecular weight excluding hydrogens is 495 g/mol. The molecule has 5 nitrogen and oxygen atoms in total. The first-order valence-corrected chi connectivity index (χ1v) is 12.8. The van der Waals surface area contributed by atoms with Gasteiger partial charge in [-0.25, -0.2) is 0 Å². The molecule has 2 amide bonds. The van der Waals surface area contributed by atoms with Gasteiger partial charge in [0.05, 0.1) is 5.02 Å². The number of carbonyl (C=O) groups is 2. The number of halogens is 2. The third kappa shape index (κ3) is 8.00. The van der Waals surface area contributed by atoms with Gasteiger partial charge in [0, 0.05) is 24.0 Å². The predicted octanol–water partition coefficient (Wildman–Crippen LogP) is 6.24. The molecule has 36 heavy (non-hydrogen) atoms. The summed E-state index contributed by atoms with van der Waals surface area (Å²) in [5, 5.41) is 3.85. The molecule has 0 aromatic heterocycles. The van der Waals surface area contributed by atoms with Crippen molar-refractivity contribution in [1.82, 2.24) is 10.2 Å². The first-order chi connectivity index (χ1) is 17.3. The van der Waals surface area contributed by atoms with Crippen molar-refractivity contribution >= 4 is 35.0 Å². The lowest BCUT2D eigenvalue weighted by molar-refractivity contribution is -0.143. The molecule has 0 aliphatic rings. The van der Waals surface area contributed by atoms with E-state index in [0.717, 1.165) is 23.1 Å². The lowest BCUT2D eigenvalue weighted by Gasteiger charge is -2.32. The molecule has 0 heterocycles. The number of hydrogen-bond acceptors (Lipinski definition) is 3. The van der Waals surface area contributed by atoms with Crippen molar-refractivity contribution in [2.75, 3.05) is 6.61 Å². The van der Waals surface area contributed by atoms with Crippen LogP contribution in [0.25, 0.3) is 0 Å². The Hall–Kier alpha value is -3.02. The molecule has 3 rings (SSSR count). The second-order valence-corrected chi connectivity index (χ2v) is 9.74. The maximum absolute atomic E-state index is 13.6. The molecule has 0 saturated heterocycles. The number of rotatable bonds is 11. The number of aryl methyl sites for hydroxylation is 1. The van der Waals surface area contributed by atoms with Crippen molar-refractivity contribution in [2.24, 2.45) is 0 Å². The normalized spacial score (nSPS) is 12.5. The minimum absolute atomic E-state index is 0.0174. The summed E-state index contributed by atoms with van der Waals surface area (Å²) in [6, 6.07) is 21.7. The van der Waals surface area contributed by atoms with Gasteiger partial charge in [0.2, 0.25) is 5.91 Å². The van der Waals surface area contributed by atoms with Crippen LogP contribution in [0.4, 0.5) is 0 Å². The van der Waals surface area contributed by atoms with Gasteiger partial charge in [-0.2, -0.15) is 0 Å². The van der Waals surface area contributed by atoms with Crippen molar-refractivity contribution in [2.45, 2.75) is 52.2 Å². The quantitative estimate of drug-likeness (QED) is 0.322. The fraction of sp³-hybridized carbons (Fsp3) is 0.310. The minimum atomic E-state index is -0.723. The fourth-order valence-electron chi connectivity index (χ4n) is 3.70. The molecule has 7 heteroatoms. The van der Waals surface area contributed by atoms with Crippen LogP contribution < -0.4 is 10.1 Å². The average Bonchev–Trinajstić information content (AvgIpc) is 2.87. The highest BCUT2D eigenvalue weighted by Gasteiger charge is 2.31. The van der Waals surface area contributed by atoms with Crippen molar-refractivity contribution in [3.8, 4) is 5.75 Å². The molecule has 3 aromatic rings. The monoisotopic (exact) mass is 526 g/mol. The summed E-state index contributed by atoms with van der Waals surface area (Å²) in [5.41, 5.74) is 3.01. The van der Waals surface area contributed by atoms with E-state index in [4.69, 9.17) is 27.9 Å². The van der Waals surface area contributed by atoms with E-state index < -0.39 is 6.04 Å². The van der Waals surface area contributed by atoms with E-state index in [1.54, 1.807) is 23.1 Å². The van der Waals surface area contributed by atoms with Crippen molar-refractivity contribution in [3.05, 3.63) is 99.5 Å². The van der Waals surface area contributed by atoms with Gasteiger partial charge in [-0.05, 0) is 49.6 Å². The molecule has 0 aliphatic heterocycles. The topological polar surface area (TPSA) is 58.6 Å². The standard InChI is InChI=1S/C29H32Cl2N2O3/c1-4-21(3)32-29(35)26(16-22-8-6-5-7-9-22)33(18-23-12-10-20(2)11-13-23)28(34)19-36-27-15-14-24(30)17-25(27)31/h5-15,17,21,26H,4,16,18-19H2,1-3H3,(H,32,35)/t21-,26-/m0/s1. The van der Waals surface area contributed by atoms with Crippen LogP contribution >= 0.6 is 23.2 Å². The Bertz CT molecular complexity index is 1150. The molecule has 1 N–H and O–H groups in total. The SMILES string of the molecule is CC[C@H](C)NC(=O)[C@H](Cc1ccccc1)N(Cc1ccc(C)cc1)C(=O)COc1ccc(Cl)cc1Cl. The second kappa shape index (κ2) is 13.3. The van der Waals surface area contributed by atoms with Gasteiger partial charge >= 0.3 is 0 Å². The van der Waals surface area contributed by atoms with Crippen molar-refractivity contribution in [1.29, 1.82) is 0 Å². The van der Waals surface area contributed by atoms with Crippen LogP contribution in [0.2, 0.25) is 10.0 Å². The lowest BCUT2D eigenvalue weighted by Crippen LogP contribution is -2.53. The number of hydrogen-bond donors (Lipinski definition) is 1. The predicted molar refractivity (Wildman–Crippen MR) is 146 cm³/mol. The highest BCUT2D eigenvalue weighted by molar-refractivity contribution is 6.35. The van der Waals surface area contributed by atoms with E-state index in [2.05, 4.69) is 5.32 Å². The Morgan fingerprint density at radius 2 is 1.67 bits per heavy atom. The molecule has 0 unspecified atom stereocenters. The largest absolute Gasteiger partial charge is 0.482 e. The van der Waals surface area contributed by atoms with Crippen LogP contribution in [0.5, 0.6) is 5.75 Å². The summed E-state index contributed by atoms with van der Waals surface area (Å²) in [6.45, 7) is 5.97. The van der Waals surface area contributed by atoms with Crippen LogP contribution in [0.15, 0.2) is 72.8 Å². The zero-order chi connectivity index (χ0) is 26.1. The molecule has 0 bridgehead atoms. The van der Waals surface area contributed by atoms with Crippen molar-refractivity contribution in [3.63, 3.8) is 0 Å². The van der Waals surface area contributed by atoms with Gasteiger partial charge in [-0.15, -0.1) is 0 Å². The summed E-state index contributed by atoms with van der Waals surface area (Å²) < 4.78 is 5.76. The number of ether oxygens (including phenoxy) is 1. The van der Waals surface area contributed by atoms with E-state index in [1.165, 1.54) is 0 Å². The maximum Gasteiger partial charge on any atom is 0.261 e. The average molecular weight is 527 g/mol. The zero-order valence-electron chi connectivity index (χ0n) is 20.8. The smallest absolute Gasteiger partial charge is 0.261 e. The number of nitrogens with zero attached hydrogens (tertiary/aromatic N) is 1. The van der Waals surface area contributed by atoms with Gasteiger partial charge in [-0.1, -0.05) is 90.3 Å². The Kier molecular flexibility index (Phi) is 10.2. The zero-order valence-corrected chi connectivity index (χ0v) is 22.4. The summed E-state index contributed by atoms with van der Waals surface area (Å²) >= 11 is 12.2. The third-order valence-electron chi connectivity index (χ3n) is 5.99. The van der Waals surface area contributed by atoms with Gasteiger partial charge in [0.15, 0.2) is 6.61 Å². The molecular formula is C29H32Cl2N2O3. The molecule has 0 spiro atoms. The number of amides is 2. The Morgan fingerprint density at radius 3 is 2.31 bits per heavy atom. The first-order valence-electron chi connectivity index (χ1n) is 12.0. The Balaban J connectivity index is 1.91. The molecule has 2 atom stereocenters. The van der Waals surface area contributed by atoms with Crippen LogP contribution in [0, 0.1) is 6.92 Å². The van der Waals surface area contributed by atoms with Gasteiger partial charge in [-0.3, -0.25) is 9.59 Å². The lowest BCUT2D eigenvalue weighted by atomic mass is 10.0. The van der Waals surface area contributed by atoms with Gasteiger partial charge < -0.3 is 15.0 Å². The molecule has 0 saturated carbocycles. The summed E-state index contributed by atoms with van der Waals surface area (Å²) in [4.78, 5) is 28.7. The second-order valence-electron chi connectivity index (χ2n) is 8.89. The molecule has 0 fully saturated rings. The minimum Gasteiger partial charge on any atom is -0.482 e. The molecule has 190 valence electrons. The molecule has 3 aromatic carbocycles. The highest BCUT2D eigenvalue weighted by atomic mass is 35.5. The van der Waals surface area contributed by atoms with Crippen molar-refractivity contribution < 1.29 is 14.3 Å². The molecule has 0 aliphatic carbocycles. The summed E-state index contributed by atoms with van der Waals surface area (Å²) in [7, 11) is 0. The van der Waals surface area contributed by atoms with E-state index in [9.17, 15) is 9.59 Å². The van der Waals surface area contributed by atoms with E-state index >= 15 is 0 Å². The van der Waals surface area contributed by atoms with Crippen LogP contribution in [0.3, 0.4) is 0 Å². The Morgan fingerprint density at radius 1 is 0.972 bits per heavy atom. The number of nitrogens with one attached hydrogen (secondary N) is 1. The highest BCUT2D eigenvalue weighted by Crippen LogP contribution is 2.27. The van der Waals surface area contributed by atoms with Gasteiger partial charge in [0.1, 0.15) is 11.8 Å². The van der Waals surface area contributed by atoms with Gasteiger partial charge in [0.25, 0.3) is 5.91 Å².